The van der Waals surface area contributed by atoms with Crippen LogP contribution in [0.1, 0.15) is 32.5 Å². The zero-order valence-corrected chi connectivity index (χ0v) is 10.2. The van der Waals surface area contributed by atoms with Gasteiger partial charge in [0.2, 0.25) is 0 Å². The van der Waals surface area contributed by atoms with Gasteiger partial charge in [0.05, 0.1) is 0 Å². The first-order valence-electron chi connectivity index (χ1n) is 5.53. The molecule has 0 unspecified atom stereocenters. The van der Waals surface area contributed by atoms with Gasteiger partial charge in [-0.1, -0.05) is 0 Å². The molecule has 0 aromatic carbocycles. The number of hydrogen-bond donors (Lipinski definition) is 1. The number of rotatable bonds is 1. The van der Waals surface area contributed by atoms with Crippen LogP contribution in [0.2, 0.25) is 0 Å². The lowest BCUT2D eigenvalue weighted by atomic mass is 10.2. The molecule has 1 atom stereocenters. The number of pyridine rings is 1. The van der Waals surface area contributed by atoms with Gasteiger partial charge in [-0.25, -0.2) is 4.79 Å². The van der Waals surface area contributed by atoms with Gasteiger partial charge in [0.15, 0.2) is 0 Å². The molecule has 1 aliphatic rings. The van der Waals surface area contributed by atoms with Gasteiger partial charge in [-0.15, -0.1) is 0 Å². The fourth-order valence-corrected chi connectivity index (χ4v) is 1.60. The summed E-state index contributed by atoms with van der Waals surface area (Å²) in [6.45, 7) is 5.86. The van der Waals surface area contributed by atoms with E-state index in [-0.39, 0.29) is 6.04 Å². The highest BCUT2D eigenvalue weighted by atomic mass is 16.6. The molecule has 0 bridgehead atoms. The maximum Gasteiger partial charge on any atom is 0.408 e. The minimum Gasteiger partial charge on any atom is -0.489 e. The van der Waals surface area contributed by atoms with E-state index in [2.05, 4.69) is 10.3 Å². The SMILES string of the molecule is CC(C)(C)OC(=O)N[C@H]1COc2cccnc21. The summed E-state index contributed by atoms with van der Waals surface area (Å²) in [4.78, 5) is 15.8. The number of carbonyl (C=O) groups excluding carboxylic acids is 1. The van der Waals surface area contributed by atoms with E-state index in [0.29, 0.717) is 12.4 Å². The van der Waals surface area contributed by atoms with E-state index in [1.807, 2.05) is 26.8 Å². The fourth-order valence-electron chi connectivity index (χ4n) is 1.60. The van der Waals surface area contributed by atoms with Crippen molar-refractivity contribution in [2.75, 3.05) is 6.61 Å². The van der Waals surface area contributed by atoms with Crippen LogP contribution in [0.3, 0.4) is 0 Å². The molecule has 0 spiro atoms. The van der Waals surface area contributed by atoms with Crippen LogP contribution in [-0.2, 0) is 4.74 Å². The molecule has 1 amide bonds. The number of aromatic nitrogens is 1. The number of carbonyl (C=O) groups is 1. The second kappa shape index (κ2) is 4.24. The summed E-state index contributed by atoms with van der Waals surface area (Å²) in [6, 6.07) is 3.40. The van der Waals surface area contributed by atoms with Crippen molar-refractivity contribution >= 4 is 6.09 Å². The molecule has 0 fully saturated rings. The zero-order valence-electron chi connectivity index (χ0n) is 10.2. The van der Waals surface area contributed by atoms with Gasteiger partial charge in [0.1, 0.15) is 29.7 Å². The highest BCUT2D eigenvalue weighted by molar-refractivity contribution is 5.68. The van der Waals surface area contributed by atoms with E-state index >= 15 is 0 Å². The second-order valence-corrected chi connectivity index (χ2v) is 4.90. The first-order valence-corrected chi connectivity index (χ1v) is 5.53. The molecular weight excluding hydrogens is 220 g/mol. The van der Waals surface area contributed by atoms with E-state index in [4.69, 9.17) is 9.47 Å². The zero-order chi connectivity index (χ0) is 12.5. The standard InChI is InChI=1S/C12H16N2O3/c1-12(2,3)17-11(15)14-8-7-16-9-5-4-6-13-10(8)9/h4-6,8H,7H2,1-3H3,(H,14,15)/t8-/m0/s1. The van der Waals surface area contributed by atoms with Crippen LogP contribution in [-0.4, -0.2) is 23.3 Å². The van der Waals surface area contributed by atoms with Crippen molar-refractivity contribution in [2.24, 2.45) is 0 Å². The van der Waals surface area contributed by atoms with Crippen molar-refractivity contribution in [3.8, 4) is 5.75 Å². The third-order valence-corrected chi connectivity index (χ3v) is 2.23. The largest absolute Gasteiger partial charge is 0.489 e. The molecule has 2 heterocycles. The minimum atomic E-state index is -0.503. The Hall–Kier alpha value is -1.78. The van der Waals surface area contributed by atoms with Gasteiger partial charge in [0, 0.05) is 6.20 Å². The van der Waals surface area contributed by atoms with Gasteiger partial charge in [-0.05, 0) is 32.9 Å². The third-order valence-electron chi connectivity index (χ3n) is 2.23. The van der Waals surface area contributed by atoms with Crippen molar-refractivity contribution in [1.29, 1.82) is 0 Å². The third kappa shape index (κ3) is 2.87. The average molecular weight is 236 g/mol. The Labute approximate surface area is 100 Å². The van der Waals surface area contributed by atoms with E-state index in [1.54, 1.807) is 12.3 Å². The van der Waals surface area contributed by atoms with Gasteiger partial charge >= 0.3 is 6.09 Å². The lowest BCUT2D eigenvalue weighted by Crippen LogP contribution is -2.35. The van der Waals surface area contributed by atoms with Crippen LogP contribution in [0.15, 0.2) is 18.3 Å². The summed E-state index contributed by atoms with van der Waals surface area (Å²) in [5.74, 6) is 0.716. The predicted molar refractivity (Wildman–Crippen MR) is 61.8 cm³/mol. The van der Waals surface area contributed by atoms with Crippen LogP contribution in [0.5, 0.6) is 5.75 Å². The predicted octanol–water partition coefficient (Wildman–Crippen LogP) is 2.04. The van der Waals surface area contributed by atoms with Crippen LogP contribution < -0.4 is 10.1 Å². The van der Waals surface area contributed by atoms with Crippen LogP contribution >= 0.6 is 0 Å². The van der Waals surface area contributed by atoms with Crippen LogP contribution in [0.4, 0.5) is 4.79 Å². The van der Waals surface area contributed by atoms with Crippen molar-refractivity contribution in [2.45, 2.75) is 32.4 Å². The Bertz CT molecular complexity index is 426. The molecule has 1 aromatic rings. The normalized spacial score (nSPS) is 18.2. The van der Waals surface area contributed by atoms with Crippen molar-refractivity contribution in [3.05, 3.63) is 24.0 Å². The molecule has 5 nitrogen and oxygen atoms in total. The van der Waals surface area contributed by atoms with Crippen molar-refractivity contribution in [1.82, 2.24) is 10.3 Å². The minimum absolute atomic E-state index is 0.235. The Balaban J connectivity index is 2.00. The molecule has 2 rings (SSSR count). The highest BCUT2D eigenvalue weighted by Gasteiger charge is 2.28. The second-order valence-electron chi connectivity index (χ2n) is 4.90. The lowest BCUT2D eigenvalue weighted by Gasteiger charge is -2.21. The Kier molecular flexibility index (Phi) is 2.92. The van der Waals surface area contributed by atoms with Gasteiger partial charge in [-0.3, -0.25) is 4.98 Å². The van der Waals surface area contributed by atoms with E-state index < -0.39 is 11.7 Å². The van der Waals surface area contributed by atoms with Gasteiger partial charge in [-0.2, -0.15) is 0 Å². The summed E-state index contributed by atoms with van der Waals surface area (Å²) in [5.41, 5.74) is 0.245. The smallest absolute Gasteiger partial charge is 0.408 e. The molecule has 92 valence electrons. The molecular formula is C12H16N2O3. The van der Waals surface area contributed by atoms with E-state index in [0.717, 1.165) is 5.69 Å². The number of ether oxygens (including phenoxy) is 2. The number of alkyl carbamates (subject to hydrolysis) is 1. The van der Waals surface area contributed by atoms with E-state index in [1.165, 1.54) is 0 Å². The number of fused-ring (bicyclic) bond motifs is 1. The highest BCUT2D eigenvalue weighted by Crippen LogP contribution is 2.29. The average Bonchev–Trinajstić information content (AvgIpc) is 2.59. The number of nitrogens with one attached hydrogen (secondary N) is 1. The number of hydrogen-bond acceptors (Lipinski definition) is 4. The van der Waals surface area contributed by atoms with Crippen LogP contribution in [0, 0.1) is 0 Å². The summed E-state index contributed by atoms with van der Waals surface area (Å²) in [6.07, 6.45) is 1.22. The van der Waals surface area contributed by atoms with Crippen molar-refractivity contribution in [3.63, 3.8) is 0 Å². The Morgan fingerprint density at radius 3 is 3.06 bits per heavy atom. The Morgan fingerprint density at radius 2 is 2.35 bits per heavy atom. The van der Waals surface area contributed by atoms with Gasteiger partial charge in [0.25, 0.3) is 0 Å². The summed E-state index contributed by atoms with van der Waals surface area (Å²) >= 11 is 0. The monoisotopic (exact) mass is 236 g/mol. The Morgan fingerprint density at radius 1 is 1.59 bits per heavy atom. The molecule has 0 saturated heterocycles. The van der Waals surface area contributed by atoms with Crippen LogP contribution in [0.25, 0.3) is 0 Å². The van der Waals surface area contributed by atoms with E-state index in [9.17, 15) is 4.79 Å². The van der Waals surface area contributed by atoms with Crippen molar-refractivity contribution < 1.29 is 14.3 Å². The fraction of sp³-hybridized carbons (Fsp3) is 0.500. The lowest BCUT2D eigenvalue weighted by molar-refractivity contribution is 0.0496. The maximum atomic E-state index is 11.6. The maximum absolute atomic E-state index is 11.6. The molecule has 1 aromatic heterocycles. The number of nitrogens with zero attached hydrogens (tertiary/aromatic N) is 1. The molecule has 0 radical (unpaired) electrons. The molecule has 1 aliphatic heterocycles. The van der Waals surface area contributed by atoms with Gasteiger partial charge < -0.3 is 14.8 Å². The molecule has 0 saturated carbocycles. The first-order chi connectivity index (χ1) is 7.96. The summed E-state index contributed by atoms with van der Waals surface area (Å²) in [7, 11) is 0. The topological polar surface area (TPSA) is 60.5 Å². The molecule has 5 heteroatoms. The summed E-state index contributed by atoms with van der Waals surface area (Å²) < 4.78 is 10.6. The molecule has 1 N–H and O–H groups in total. The molecule has 17 heavy (non-hydrogen) atoms. The first kappa shape index (κ1) is 11.7. The number of amides is 1. The summed E-state index contributed by atoms with van der Waals surface area (Å²) in [5, 5.41) is 2.74. The quantitative estimate of drug-likeness (QED) is 0.810. The molecule has 0 aliphatic carbocycles.